The summed E-state index contributed by atoms with van der Waals surface area (Å²) in [6.07, 6.45) is 5.41. The summed E-state index contributed by atoms with van der Waals surface area (Å²) in [5.41, 5.74) is 2.83. The molecule has 14 heteroatoms. The van der Waals surface area contributed by atoms with E-state index in [1.54, 1.807) is 23.5 Å². The second kappa shape index (κ2) is 12.6. The van der Waals surface area contributed by atoms with Gasteiger partial charge in [-0.25, -0.2) is 0 Å². The fraction of sp³-hybridized carbons (Fsp3) is 0.360. The molecule has 1 unspecified atom stereocenters. The maximum absolute atomic E-state index is 11.3. The molecule has 2 aliphatic rings. The smallest absolute Gasteiger partial charge is 0.264 e. The molecule has 0 bridgehead atoms. The summed E-state index contributed by atoms with van der Waals surface area (Å²) >= 11 is 15.7. The van der Waals surface area contributed by atoms with Crippen molar-refractivity contribution < 1.29 is 25.9 Å². The molecule has 212 valence electrons. The number of halogens is 2. The molecule has 8 nitrogen and oxygen atoms in total. The predicted molar refractivity (Wildman–Crippen MR) is 162 cm³/mol. The van der Waals surface area contributed by atoms with Crippen molar-refractivity contribution in [1.29, 1.82) is 0 Å². The van der Waals surface area contributed by atoms with E-state index in [1.165, 1.54) is 0 Å². The number of hydrogen-bond donors (Lipinski definition) is 2. The van der Waals surface area contributed by atoms with Crippen molar-refractivity contribution in [2.75, 3.05) is 34.4 Å². The Morgan fingerprint density at radius 2 is 1.51 bits per heavy atom. The molecule has 0 radical (unpaired) electrons. The Bertz CT molecular complexity index is 1510. The molecular formula is C25H28Cl2N2O6S4. The van der Waals surface area contributed by atoms with Gasteiger partial charge in [-0.05, 0) is 73.4 Å². The van der Waals surface area contributed by atoms with Gasteiger partial charge >= 0.3 is 0 Å². The van der Waals surface area contributed by atoms with Gasteiger partial charge in [-0.2, -0.15) is 16.8 Å². The normalized spacial score (nSPS) is 18.6. The van der Waals surface area contributed by atoms with E-state index in [9.17, 15) is 25.9 Å². The standard InChI is InChI=1S/C25H28Cl2N2O6S4/c1-2-17(13-24-28(9-3-11-38(30,31)32)20-15-18(26)5-7-22(20)36-24)14-25-29(10-4-12-39(33,34)35)21-16-19(27)6-8-23(21)37-25/h5-8,13-16,24H,2-4,9-12H2,1H3,(H,30,31,32)(H,33,34,35). The molecule has 2 aromatic rings. The Labute approximate surface area is 247 Å². The van der Waals surface area contributed by atoms with E-state index in [2.05, 4.69) is 17.1 Å². The Morgan fingerprint density at radius 3 is 2.13 bits per heavy atom. The zero-order chi connectivity index (χ0) is 28.4. The number of anilines is 2. The van der Waals surface area contributed by atoms with Gasteiger partial charge in [-0.3, -0.25) is 9.11 Å². The molecule has 0 aliphatic carbocycles. The van der Waals surface area contributed by atoms with Gasteiger partial charge in [-0.1, -0.05) is 53.6 Å². The summed E-state index contributed by atoms with van der Waals surface area (Å²) in [6.45, 7) is 2.84. The summed E-state index contributed by atoms with van der Waals surface area (Å²) < 4.78 is 63.6. The SMILES string of the molecule is CCC(=CC1Sc2ccc(Cl)cc2N1CCCS(=O)(=O)O)C=C1Sc2ccc(Cl)cc2N1CCCS(=O)(=O)O. The van der Waals surface area contributed by atoms with E-state index in [4.69, 9.17) is 23.2 Å². The number of hydrogen-bond acceptors (Lipinski definition) is 8. The van der Waals surface area contributed by atoms with Crippen LogP contribution < -0.4 is 9.80 Å². The van der Waals surface area contributed by atoms with Crippen molar-refractivity contribution in [2.45, 2.75) is 41.4 Å². The minimum atomic E-state index is -4.08. The van der Waals surface area contributed by atoms with Gasteiger partial charge in [0, 0.05) is 32.9 Å². The Hall–Kier alpha value is -1.38. The van der Waals surface area contributed by atoms with Crippen LogP contribution in [0.15, 0.2) is 68.9 Å². The van der Waals surface area contributed by atoms with Crippen LogP contribution in [-0.2, 0) is 20.2 Å². The quantitative estimate of drug-likeness (QED) is 0.258. The maximum Gasteiger partial charge on any atom is 0.264 e. The second-order valence-corrected chi connectivity index (χ2v) is 15.3. The van der Waals surface area contributed by atoms with E-state index < -0.39 is 20.2 Å². The van der Waals surface area contributed by atoms with Crippen molar-refractivity contribution in [2.24, 2.45) is 0 Å². The van der Waals surface area contributed by atoms with Crippen molar-refractivity contribution >= 4 is 78.3 Å². The third-order valence-electron chi connectivity index (χ3n) is 6.14. The summed E-state index contributed by atoms with van der Waals surface area (Å²) in [5.74, 6) is -0.674. The third-order valence-corrected chi connectivity index (χ3v) is 10.6. The van der Waals surface area contributed by atoms with Gasteiger partial charge in [-0.15, -0.1) is 0 Å². The fourth-order valence-corrected chi connectivity index (χ4v) is 8.12. The van der Waals surface area contributed by atoms with Crippen molar-refractivity contribution in [1.82, 2.24) is 0 Å². The van der Waals surface area contributed by atoms with Crippen LogP contribution >= 0.6 is 46.7 Å². The van der Waals surface area contributed by atoms with Gasteiger partial charge in [0.1, 0.15) is 0 Å². The lowest BCUT2D eigenvalue weighted by Crippen LogP contribution is -2.30. The molecule has 0 amide bonds. The molecule has 0 fully saturated rings. The first-order chi connectivity index (χ1) is 18.3. The highest BCUT2D eigenvalue weighted by atomic mass is 35.5. The molecule has 0 saturated carbocycles. The maximum atomic E-state index is 11.3. The average molecular weight is 652 g/mol. The number of fused-ring (bicyclic) bond motifs is 2. The van der Waals surface area contributed by atoms with Crippen molar-refractivity contribution in [3.63, 3.8) is 0 Å². The van der Waals surface area contributed by atoms with E-state index in [0.717, 1.165) is 31.8 Å². The van der Waals surface area contributed by atoms with Crippen molar-refractivity contribution in [3.8, 4) is 0 Å². The van der Waals surface area contributed by atoms with Crippen LogP contribution in [0.4, 0.5) is 11.4 Å². The fourth-order valence-electron chi connectivity index (χ4n) is 4.36. The number of benzene rings is 2. The average Bonchev–Trinajstić information content (AvgIpc) is 3.34. The van der Waals surface area contributed by atoms with Crippen LogP contribution in [0.3, 0.4) is 0 Å². The van der Waals surface area contributed by atoms with Crippen LogP contribution in [0.25, 0.3) is 0 Å². The van der Waals surface area contributed by atoms with Gasteiger partial charge in [0.05, 0.1) is 33.3 Å². The zero-order valence-corrected chi connectivity index (χ0v) is 25.7. The molecule has 2 N–H and O–H groups in total. The summed E-state index contributed by atoms with van der Waals surface area (Å²) in [4.78, 5) is 6.13. The molecule has 39 heavy (non-hydrogen) atoms. The van der Waals surface area contributed by atoms with Crippen LogP contribution in [-0.4, -0.2) is 55.9 Å². The van der Waals surface area contributed by atoms with Crippen LogP contribution in [0.5, 0.6) is 0 Å². The summed E-state index contributed by atoms with van der Waals surface area (Å²) in [5, 5.41) is 1.94. The lowest BCUT2D eigenvalue weighted by atomic mass is 10.1. The van der Waals surface area contributed by atoms with Gasteiger partial charge in [0.15, 0.2) is 0 Å². The van der Waals surface area contributed by atoms with E-state index in [1.807, 2.05) is 48.2 Å². The Kier molecular flexibility index (Phi) is 9.91. The molecular weight excluding hydrogens is 623 g/mol. The molecule has 0 saturated heterocycles. The van der Waals surface area contributed by atoms with E-state index in [-0.39, 0.29) is 29.7 Å². The van der Waals surface area contributed by atoms with E-state index in [0.29, 0.717) is 29.6 Å². The number of allylic oxidation sites excluding steroid dienone is 2. The largest absolute Gasteiger partial charge is 0.355 e. The number of nitrogens with zero attached hydrogens (tertiary/aromatic N) is 2. The molecule has 2 aromatic carbocycles. The lowest BCUT2D eigenvalue weighted by Gasteiger charge is -2.25. The first kappa shape index (κ1) is 30.6. The highest BCUT2D eigenvalue weighted by Crippen LogP contribution is 2.48. The predicted octanol–water partition coefficient (Wildman–Crippen LogP) is 6.58. The summed E-state index contributed by atoms with van der Waals surface area (Å²) in [6, 6.07) is 11.2. The second-order valence-electron chi connectivity index (χ2n) is 9.04. The molecule has 4 rings (SSSR count). The van der Waals surface area contributed by atoms with Gasteiger partial charge in [0.2, 0.25) is 0 Å². The van der Waals surface area contributed by atoms with Crippen LogP contribution in [0.1, 0.15) is 26.2 Å². The monoisotopic (exact) mass is 650 g/mol. The first-order valence-corrected chi connectivity index (χ1v) is 17.8. The molecule has 0 aromatic heterocycles. The van der Waals surface area contributed by atoms with Crippen LogP contribution in [0, 0.1) is 0 Å². The molecule has 2 heterocycles. The first-order valence-electron chi connectivity index (χ1n) is 12.1. The Balaban J connectivity index is 1.62. The van der Waals surface area contributed by atoms with Crippen molar-refractivity contribution in [3.05, 3.63) is 69.2 Å². The highest BCUT2D eigenvalue weighted by Gasteiger charge is 2.30. The highest BCUT2D eigenvalue weighted by molar-refractivity contribution is 8.03. The molecule has 0 spiro atoms. The lowest BCUT2D eigenvalue weighted by molar-refractivity contribution is 0.479. The Morgan fingerprint density at radius 1 is 0.923 bits per heavy atom. The number of rotatable bonds is 11. The van der Waals surface area contributed by atoms with Gasteiger partial charge in [0.25, 0.3) is 20.2 Å². The minimum Gasteiger partial charge on any atom is -0.355 e. The van der Waals surface area contributed by atoms with E-state index >= 15 is 0 Å². The third kappa shape index (κ3) is 8.32. The molecule has 2 aliphatic heterocycles. The van der Waals surface area contributed by atoms with Crippen LogP contribution in [0.2, 0.25) is 10.0 Å². The minimum absolute atomic E-state index is 0.122. The van der Waals surface area contributed by atoms with Gasteiger partial charge < -0.3 is 9.80 Å². The molecule has 1 atom stereocenters. The zero-order valence-electron chi connectivity index (χ0n) is 21.0. The summed E-state index contributed by atoms with van der Waals surface area (Å²) in [7, 11) is -8.15. The number of thioether (sulfide) groups is 2. The topological polar surface area (TPSA) is 115 Å².